The van der Waals surface area contributed by atoms with Crippen molar-refractivity contribution in [1.82, 2.24) is 0 Å². The summed E-state index contributed by atoms with van der Waals surface area (Å²) >= 11 is 10.4. The molecule has 0 bridgehead atoms. The average molecular weight is 587 g/mol. The van der Waals surface area contributed by atoms with E-state index in [-0.39, 0.29) is 12.5 Å². The van der Waals surface area contributed by atoms with E-state index >= 15 is 0 Å². The molecule has 3 rings (SSSR count). The lowest BCUT2D eigenvalue weighted by atomic mass is 10.1. The maximum Gasteiger partial charge on any atom is 0.343 e. The Kier molecular flexibility index (Phi) is 8.25. The Labute approximate surface area is 207 Å². The van der Waals surface area contributed by atoms with E-state index in [0.717, 1.165) is 19.7 Å². The van der Waals surface area contributed by atoms with Gasteiger partial charge >= 0.3 is 5.97 Å². The standard InChI is InChI=1S/C21H18INO5S3/c1-26-16-8-12(7-15(22)19(16)28-11-18(24)27-2)9-17-20(25)23(21(29)31-17)13-5-4-6-14(10-13)30-3/h4-10H,11H2,1-3H3/b17-9-. The molecule has 0 spiro atoms. The summed E-state index contributed by atoms with van der Waals surface area (Å²) in [6, 6.07) is 11.3. The lowest BCUT2D eigenvalue weighted by molar-refractivity contribution is -0.142. The van der Waals surface area contributed by atoms with Crippen molar-refractivity contribution in [2.45, 2.75) is 4.90 Å². The van der Waals surface area contributed by atoms with Gasteiger partial charge in [0.15, 0.2) is 22.4 Å². The number of methoxy groups -OCH3 is 2. The quantitative estimate of drug-likeness (QED) is 0.148. The molecule has 10 heteroatoms. The SMILES string of the molecule is COC(=O)COc1c(I)cc(/C=C2\SC(=S)N(c3cccc(SC)c3)C2=O)cc1OC. The molecule has 1 fully saturated rings. The number of thiocarbonyl (C=S) groups is 1. The van der Waals surface area contributed by atoms with Crippen molar-refractivity contribution in [3.63, 3.8) is 0 Å². The molecule has 0 saturated carbocycles. The van der Waals surface area contributed by atoms with Gasteiger partial charge in [-0.1, -0.05) is 30.0 Å². The number of amides is 1. The highest BCUT2D eigenvalue weighted by atomic mass is 127. The minimum atomic E-state index is -0.490. The second-order valence-electron chi connectivity index (χ2n) is 6.12. The Bertz CT molecular complexity index is 1070. The minimum Gasteiger partial charge on any atom is -0.493 e. The molecular weight excluding hydrogens is 569 g/mol. The lowest BCUT2D eigenvalue weighted by Crippen LogP contribution is -2.27. The molecule has 0 aliphatic carbocycles. The predicted molar refractivity (Wildman–Crippen MR) is 137 cm³/mol. The number of rotatable bonds is 7. The zero-order valence-electron chi connectivity index (χ0n) is 16.8. The van der Waals surface area contributed by atoms with E-state index in [1.807, 2.05) is 36.6 Å². The highest BCUT2D eigenvalue weighted by Crippen LogP contribution is 2.39. The normalized spacial score (nSPS) is 14.8. The number of carbonyl (C=O) groups is 2. The minimum absolute atomic E-state index is 0.173. The number of nitrogens with zero attached hydrogens (tertiary/aromatic N) is 1. The molecule has 2 aromatic carbocycles. The fourth-order valence-corrected chi connectivity index (χ4v) is 5.28. The number of ether oxygens (including phenoxy) is 3. The summed E-state index contributed by atoms with van der Waals surface area (Å²) in [7, 11) is 2.81. The van der Waals surface area contributed by atoms with Crippen molar-refractivity contribution >= 4 is 86.3 Å². The third kappa shape index (κ3) is 5.54. The number of esters is 1. The van der Waals surface area contributed by atoms with Gasteiger partial charge in [-0.25, -0.2) is 4.79 Å². The van der Waals surface area contributed by atoms with Crippen LogP contribution >= 0.6 is 58.3 Å². The van der Waals surface area contributed by atoms with E-state index in [1.165, 1.54) is 26.0 Å². The second-order valence-corrected chi connectivity index (χ2v) is 9.84. The summed E-state index contributed by atoms with van der Waals surface area (Å²) in [5, 5.41) is 0. The van der Waals surface area contributed by atoms with Gasteiger partial charge in [0.1, 0.15) is 0 Å². The van der Waals surface area contributed by atoms with Gasteiger partial charge in [0.25, 0.3) is 5.91 Å². The third-order valence-corrected chi connectivity index (χ3v) is 7.05. The van der Waals surface area contributed by atoms with Crippen molar-refractivity contribution in [1.29, 1.82) is 0 Å². The van der Waals surface area contributed by atoms with Crippen LogP contribution in [-0.4, -0.2) is 43.3 Å². The molecule has 31 heavy (non-hydrogen) atoms. The van der Waals surface area contributed by atoms with E-state index < -0.39 is 5.97 Å². The number of hydrogen-bond donors (Lipinski definition) is 0. The topological polar surface area (TPSA) is 65.1 Å². The van der Waals surface area contributed by atoms with Gasteiger partial charge in [0, 0.05) is 4.90 Å². The van der Waals surface area contributed by atoms with E-state index in [1.54, 1.807) is 28.8 Å². The van der Waals surface area contributed by atoms with Gasteiger partial charge in [-0.05, 0) is 70.8 Å². The average Bonchev–Trinajstić information content (AvgIpc) is 3.04. The van der Waals surface area contributed by atoms with Crippen LogP contribution in [-0.2, 0) is 14.3 Å². The Morgan fingerprint density at radius 2 is 2.06 bits per heavy atom. The summed E-state index contributed by atoms with van der Waals surface area (Å²) in [6.07, 6.45) is 3.75. The monoisotopic (exact) mass is 587 g/mol. The highest BCUT2D eigenvalue weighted by Gasteiger charge is 2.33. The molecule has 0 aromatic heterocycles. The number of hydrogen-bond acceptors (Lipinski definition) is 8. The van der Waals surface area contributed by atoms with Crippen LogP contribution in [0, 0.1) is 3.57 Å². The highest BCUT2D eigenvalue weighted by molar-refractivity contribution is 14.1. The number of anilines is 1. The molecule has 1 heterocycles. The number of thioether (sulfide) groups is 2. The fraction of sp³-hybridized carbons (Fsp3) is 0.190. The van der Waals surface area contributed by atoms with Crippen LogP contribution in [0.15, 0.2) is 46.2 Å². The first-order chi connectivity index (χ1) is 14.9. The van der Waals surface area contributed by atoms with Crippen LogP contribution in [0.5, 0.6) is 11.5 Å². The molecule has 0 N–H and O–H groups in total. The third-order valence-electron chi connectivity index (χ3n) is 4.22. The number of carbonyl (C=O) groups excluding carboxylic acids is 2. The summed E-state index contributed by atoms with van der Waals surface area (Å²) < 4.78 is 16.8. The summed E-state index contributed by atoms with van der Waals surface area (Å²) in [4.78, 5) is 27.6. The van der Waals surface area contributed by atoms with Gasteiger partial charge in [0.2, 0.25) is 0 Å². The van der Waals surface area contributed by atoms with E-state index in [2.05, 4.69) is 27.3 Å². The Hall–Kier alpha value is -1.76. The summed E-state index contributed by atoms with van der Waals surface area (Å²) in [5.41, 5.74) is 1.50. The zero-order valence-corrected chi connectivity index (χ0v) is 21.4. The Morgan fingerprint density at radius 1 is 1.29 bits per heavy atom. The summed E-state index contributed by atoms with van der Waals surface area (Å²) in [6.45, 7) is -0.226. The molecule has 1 aliphatic rings. The van der Waals surface area contributed by atoms with Crippen LogP contribution in [0.3, 0.4) is 0 Å². The molecule has 1 amide bonds. The van der Waals surface area contributed by atoms with E-state index in [0.29, 0.717) is 20.7 Å². The van der Waals surface area contributed by atoms with Gasteiger partial charge < -0.3 is 14.2 Å². The number of halogens is 1. The molecule has 0 atom stereocenters. The first-order valence-electron chi connectivity index (χ1n) is 8.87. The van der Waals surface area contributed by atoms with Gasteiger partial charge in [-0.3, -0.25) is 9.69 Å². The molecule has 0 unspecified atom stereocenters. The maximum absolute atomic E-state index is 13.1. The van der Waals surface area contributed by atoms with Gasteiger partial charge in [-0.15, -0.1) is 11.8 Å². The van der Waals surface area contributed by atoms with Crippen LogP contribution in [0.2, 0.25) is 0 Å². The Balaban J connectivity index is 1.89. The van der Waals surface area contributed by atoms with Crippen molar-refractivity contribution in [2.24, 2.45) is 0 Å². The van der Waals surface area contributed by atoms with E-state index in [4.69, 9.17) is 21.7 Å². The van der Waals surface area contributed by atoms with Crippen LogP contribution < -0.4 is 14.4 Å². The first kappa shape index (κ1) is 23.9. The molecule has 0 radical (unpaired) electrons. The smallest absolute Gasteiger partial charge is 0.343 e. The largest absolute Gasteiger partial charge is 0.493 e. The molecule has 1 saturated heterocycles. The van der Waals surface area contributed by atoms with Crippen LogP contribution in [0.4, 0.5) is 5.69 Å². The molecule has 1 aliphatic heterocycles. The van der Waals surface area contributed by atoms with Crippen molar-refractivity contribution in [2.75, 3.05) is 32.0 Å². The zero-order chi connectivity index (χ0) is 22.5. The van der Waals surface area contributed by atoms with Crippen LogP contribution in [0.1, 0.15) is 5.56 Å². The van der Waals surface area contributed by atoms with Crippen LogP contribution in [0.25, 0.3) is 6.08 Å². The summed E-state index contributed by atoms with van der Waals surface area (Å²) in [5.74, 6) is 0.224. The molecule has 6 nitrogen and oxygen atoms in total. The van der Waals surface area contributed by atoms with Crippen molar-refractivity contribution in [3.8, 4) is 11.5 Å². The van der Waals surface area contributed by atoms with Gasteiger partial charge in [-0.2, -0.15) is 0 Å². The molecule has 162 valence electrons. The molecular formula is C21H18INO5S3. The lowest BCUT2D eigenvalue weighted by Gasteiger charge is -2.15. The number of benzene rings is 2. The predicted octanol–water partition coefficient (Wildman–Crippen LogP) is 4.98. The maximum atomic E-state index is 13.1. The first-order valence-corrected chi connectivity index (χ1v) is 12.4. The van der Waals surface area contributed by atoms with E-state index in [9.17, 15) is 9.59 Å². The fourth-order valence-electron chi connectivity index (χ4n) is 2.74. The molecule has 2 aromatic rings. The Morgan fingerprint density at radius 3 is 2.74 bits per heavy atom. The second kappa shape index (κ2) is 10.7. The van der Waals surface area contributed by atoms with Crippen molar-refractivity contribution in [3.05, 3.63) is 50.4 Å². The van der Waals surface area contributed by atoms with Gasteiger partial charge in [0.05, 0.1) is 28.4 Å². The van der Waals surface area contributed by atoms with Crippen molar-refractivity contribution < 1.29 is 23.8 Å².